The molecule has 0 amide bonds. The lowest BCUT2D eigenvalue weighted by atomic mass is 10.1. The first-order valence-corrected chi connectivity index (χ1v) is 5.77. The molecule has 98 valence electrons. The minimum Gasteiger partial charge on any atom is -0.430 e. The fourth-order valence-corrected chi connectivity index (χ4v) is 1.60. The number of nitrogens with zero attached hydrogens (tertiary/aromatic N) is 2. The first kappa shape index (κ1) is 12.8. The first-order valence-electron chi connectivity index (χ1n) is 5.77. The molecule has 6 nitrogen and oxygen atoms in total. The van der Waals surface area contributed by atoms with E-state index in [0.717, 1.165) is 5.56 Å². The largest absolute Gasteiger partial charge is 0.430 e. The Kier molecular flexibility index (Phi) is 3.61. The summed E-state index contributed by atoms with van der Waals surface area (Å²) >= 11 is 0. The molecule has 2 rings (SSSR count). The van der Waals surface area contributed by atoms with Crippen LogP contribution < -0.4 is 10.5 Å². The molecule has 0 fully saturated rings. The summed E-state index contributed by atoms with van der Waals surface area (Å²) in [4.78, 5) is 14.5. The average Bonchev–Trinajstić information content (AvgIpc) is 2.41. The van der Waals surface area contributed by atoms with Crippen molar-refractivity contribution in [3.63, 3.8) is 0 Å². The summed E-state index contributed by atoms with van der Waals surface area (Å²) in [5, 5.41) is 11.0. The monoisotopic (exact) mass is 259 g/mol. The van der Waals surface area contributed by atoms with Crippen LogP contribution in [0.2, 0.25) is 0 Å². The number of ether oxygens (including phenoxy) is 1. The third-order valence-electron chi connectivity index (χ3n) is 2.64. The zero-order valence-corrected chi connectivity index (χ0v) is 10.4. The van der Waals surface area contributed by atoms with Gasteiger partial charge < -0.3 is 10.5 Å². The van der Waals surface area contributed by atoms with E-state index in [4.69, 9.17) is 10.5 Å². The Morgan fingerprint density at radius 3 is 2.84 bits per heavy atom. The van der Waals surface area contributed by atoms with E-state index >= 15 is 0 Å². The Morgan fingerprint density at radius 1 is 1.42 bits per heavy atom. The molecule has 0 spiro atoms. The highest BCUT2D eigenvalue weighted by molar-refractivity contribution is 5.54. The lowest BCUT2D eigenvalue weighted by Gasteiger charge is -2.08. The van der Waals surface area contributed by atoms with Gasteiger partial charge in [0.25, 0.3) is 0 Å². The standard InChI is InChI=1S/C13H13N3O3/c1-2-9-5-6-12(11(8-9)16(17)18)19-13-10(14)4-3-7-15-13/h3-8H,2,14H2,1H3. The highest BCUT2D eigenvalue weighted by Gasteiger charge is 2.17. The molecule has 0 atom stereocenters. The van der Waals surface area contributed by atoms with Gasteiger partial charge in [0, 0.05) is 12.3 Å². The van der Waals surface area contributed by atoms with Crippen LogP contribution in [0.3, 0.4) is 0 Å². The van der Waals surface area contributed by atoms with Gasteiger partial charge in [-0.1, -0.05) is 13.0 Å². The molecule has 0 saturated carbocycles. The molecule has 1 aromatic carbocycles. The van der Waals surface area contributed by atoms with Crippen LogP contribution in [0.15, 0.2) is 36.5 Å². The van der Waals surface area contributed by atoms with E-state index < -0.39 is 4.92 Å². The van der Waals surface area contributed by atoms with Crippen molar-refractivity contribution in [2.24, 2.45) is 0 Å². The topological polar surface area (TPSA) is 91.3 Å². The molecule has 1 heterocycles. The van der Waals surface area contributed by atoms with E-state index in [2.05, 4.69) is 4.98 Å². The Hall–Kier alpha value is -2.63. The average molecular weight is 259 g/mol. The number of nitro groups is 1. The van der Waals surface area contributed by atoms with Crippen LogP contribution in [0.1, 0.15) is 12.5 Å². The molecule has 6 heteroatoms. The molecule has 19 heavy (non-hydrogen) atoms. The molecule has 0 aliphatic carbocycles. The van der Waals surface area contributed by atoms with Crippen molar-refractivity contribution in [2.45, 2.75) is 13.3 Å². The predicted octanol–water partition coefficient (Wildman–Crippen LogP) is 2.93. The quantitative estimate of drug-likeness (QED) is 0.673. The second-order valence-electron chi connectivity index (χ2n) is 3.91. The number of rotatable bonds is 4. The Bertz CT molecular complexity index is 614. The van der Waals surface area contributed by atoms with Crippen LogP contribution in [0.5, 0.6) is 11.6 Å². The van der Waals surface area contributed by atoms with Gasteiger partial charge >= 0.3 is 5.69 Å². The van der Waals surface area contributed by atoms with Crippen LogP contribution in [0.25, 0.3) is 0 Å². The van der Waals surface area contributed by atoms with Gasteiger partial charge in [-0.05, 0) is 30.2 Å². The van der Waals surface area contributed by atoms with Crippen LogP contribution in [-0.4, -0.2) is 9.91 Å². The van der Waals surface area contributed by atoms with Gasteiger partial charge in [-0.25, -0.2) is 4.98 Å². The molecule has 0 bridgehead atoms. The molecule has 2 aromatic rings. The number of nitrogen functional groups attached to an aromatic ring is 1. The Labute approximate surface area is 110 Å². The Morgan fingerprint density at radius 2 is 2.21 bits per heavy atom. The number of hydrogen-bond acceptors (Lipinski definition) is 5. The maximum atomic E-state index is 11.0. The minimum absolute atomic E-state index is 0.0931. The molecule has 0 radical (unpaired) electrons. The van der Waals surface area contributed by atoms with Gasteiger partial charge in [0.2, 0.25) is 11.6 Å². The minimum atomic E-state index is -0.479. The lowest BCUT2D eigenvalue weighted by molar-refractivity contribution is -0.385. The van der Waals surface area contributed by atoms with E-state index in [1.807, 2.05) is 6.92 Å². The number of anilines is 1. The smallest absolute Gasteiger partial charge is 0.311 e. The number of hydrogen-bond donors (Lipinski definition) is 1. The van der Waals surface area contributed by atoms with Gasteiger partial charge in [-0.3, -0.25) is 10.1 Å². The number of nitrogens with two attached hydrogens (primary N) is 1. The van der Waals surface area contributed by atoms with Crippen molar-refractivity contribution in [3.05, 3.63) is 52.2 Å². The summed E-state index contributed by atoms with van der Waals surface area (Å²) in [5.41, 5.74) is 6.80. The molecular weight excluding hydrogens is 246 g/mol. The fourth-order valence-electron chi connectivity index (χ4n) is 1.60. The molecule has 1 aromatic heterocycles. The fraction of sp³-hybridized carbons (Fsp3) is 0.154. The number of aryl methyl sites for hydroxylation is 1. The number of pyridine rings is 1. The van der Waals surface area contributed by atoms with E-state index in [0.29, 0.717) is 12.1 Å². The summed E-state index contributed by atoms with van der Waals surface area (Å²) in [7, 11) is 0. The number of nitro benzene ring substituents is 1. The molecule has 0 unspecified atom stereocenters. The van der Waals surface area contributed by atoms with Gasteiger partial charge in [0.15, 0.2) is 0 Å². The maximum absolute atomic E-state index is 11.0. The zero-order valence-electron chi connectivity index (χ0n) is 10.4. The van der Waals surface area contributed by atoms with Crippen molar-refractivity contribution in [3.8, 4) is 11.6 Å². The third kappa shape index (κ3) is 2.79. The summed E-state index contributed by atoms with van der Waals surface area (Å²) in [6.07, 6.45) is 2.23. The van der Waals surface area contributed by atoms with Gasteiger partial charge in [-0.2, -0.15) is 0 Å². The summed E-state index contributed by atoms with van der Waals surface area (Å²) in [5.74, 6) is 0.294. The summed E-state index contributed by atoms with van der Waals surface area (Å²) < 4.78 is 5.42. The molecule has 0 saturated heterocycles. The van der Waals surface area contributed by atoms with E-state index in [1.165, 1.54) is 12.3 Å². The molecule has 0 aliphatic rings. The summed E-state index contributed by atoms with van der Waals surface area (Å²) in [6, 6.07) is 8.12. The van der Waals surface area contributed by atoms with Crippen molar-refractivity contribution < 1.29 is 9.66 Å². The van der Waals surface area contributed by atoms with Crippen molar-refractivity contribution in [1.29, 1.82) is 0 Å². The second kappa shape index (κ2) is 5.34. The van der Waals surface area contributed by atoms with Crippen LogP contribution >= 0.6 is 0 Å². The normalized spacial score (nSPS) is 10.2. The van der Waals surface area contributed by atoms with Crippen molar-refractivity contribution in [1.82, 2.24) is 4.98 Å². The van der Waals surface area contributed by atoms with Gasteiger partial charge in [-0.15, -0.1) is 0 Å². The molecule has 2 N–H and O–H groups in total. The Balaban J connectivity index is 2.40. The highest BCUT2D eigenvalue weighted by atomic mass is 16.6. The van der Waals surface area contributed by atoms with Gasteiger partial charge in [0.1, 0.15) is 0 Å². The van der Waals surface area contributed by atoms with Crippen molar-refractivity contribution >= 4 is 11.4 Å². The molecule has 0 aliphatic heterocycles. The van der Waals surface area contributed by atoms with Crippen molar-refractivity contribution in [2.75, 3.05) is 5.73 Å². The first-order chi connectivity index (χ1) is 9.11. The van der Waals surface area contributed by atoms with E-state index in [9.17, 15) is 10.1 Å². The van der Waals surface area contributed by atoms with Crippen LogP contribution in [0, 0.1) is 10.1 Å². The summed E-state index contributed by atoms with van der Waals surface area (Å²) in [6.45, 7) is 1.93. The SMILES string of the molecule is CCc1ccc(Oc2ncccc2N)c([N+](=O)[O-])c1. The lowest BCUT2D eigenvalue weighted by Crippen LogP contribution is -1.98. The van der Waals surface area contributed by atoms with E-state index in [1.54, 1.807) is 24.3 Å². The highest BCUT2D eigenvalue weighted by Crippen LogP contribution is 2.33. The van der Waals surface area contributed by atoms with Crippen LogP contribution in [0.4, 0.5) is 11.4 Å². The number of benzene rings is 1. The van der Waals surface area contributed by atoms with E-state index in [-0.39, 0.29) is 17.3 Å². The van der Waals surface area contributed by atoms with Gasteiger partial charge in [0.05, 0.1) is 10.6 Å². The zero-order chi connectivity index (χ0) is 13.8. The number of aromatic nitrogens is 1. The maximum Gasteiger partial charge on any atom is 0.311 e. The second-order valence-corrected chi connectivity index (χ2v) is 3.91. The van der Waals surface area contributed by atoms with Crippen LogP contribution in [-0.2, 0) is 6.42 Å². The third-order valence-corrected chi connectivity index (χ3v) is 2.64. The predicted molar refractivity (Wildman–Crippen MR) is 71.2 cm³/mol. The molecular formula is C13H13N3O3.